The van der Waals surface area contributed by atoms with Crippen molar-refractivity contribution in [1.82, 2.24) is 9.97 Å². The molecule has 2 aromatic rings. The average Bonchev–Trinajstić information content (AvgIpc) is 2.66. The summed E-state index contributed by atoms with van der Waals surface area (Å²) >= 11 is 0. The van der Waals surface area contributed by atoms with E-state index in [2.05, 4.69) is 19.2 Å². The number of aromatic amines is 1. The largest absolute Gasteiger partial charge is 0.342 e. The molecule has 0 spiro atoms. The Kier molecular flexibility index (Phi) is 6.98. The minimum Gasteiger partial charge on any atom is -0.342 e. The van der Waals surface area contributed by atoms with Crippen molar-refractivity contribution in [2.45, 2.75) is 34.6 Å². The van der Waals surface area contributed by atoms with E-state index >= 15 is 0 Å². The first kappa shape index (κ1) is 14.1. The smallest absolute Gasteiger partial charge is 0.104 e. The zero-order valence-corrected chi connectivity index (χ0v) is 11.4. The van der Waals surface area contributed by atoms with Gasteiger partial charge >= 0.3 is 0 Å². The molecule has 0 aliphatic heterocycles. The third kappa shape index (κ3) is 3.64. The minimum absolute atomic E-state index is 0.968. The second kappa shape index (κ2) is 7.42. The number of aryl methyl sites for hydroxylation is 1. The number of rotatable bonds is 0. The van der Waals surface area contributed by atoms with Crippen molar-refractivity contribution in [2.24, 2.45) is 0 Å². The van der Waals surface area contributed by atoms with Crippen LogP contribution in [-0.4, -0.2) is 9.97 Å². The van der Waals surface area contributed by atoms with Gasteiger partial charge in [0.15, 0.2) is 0 Å². The van der Waals surface area contributed by atoms with E-state index in [0.29, 0.717) is 0 Å². The van der Waals surface area contributed by atoms with Gasteiger partial charge in [-0.1, -0.05) is 39.8 Å². The molecule has 0 saturated carbocycles. The Morgan fingerprint density at radius 1 is 1.13 bits per heavy atom. The predicted octanol–water partition coefficient (Wildman–Crippen LogP) is 3.42. The van der Waals surface area contributed by atoms with Crippen molar-refractivity contribution in [2.75, 3.05) is 0 Å². The molecule has 0 amide bonds. The van der Waals surface area contributed by atoms with Crippen LogP contribution in [0.25, 0.3) is 11.0 Å². The van der Waals surface area contributed by atoms with Crippen LogP contribution < -0.4 is 5.30 Å². The minimum atomic E-state index is 0.968. The van der Waals surface area contributed by atoms with Crippen molar-refractivity contribution < 1.29 is 0 Å². The van der Waals surface area contributed by atoms with E-state index in [0.717, 1.165) is 22.2 Å². The van der Waals surface area contributed by atoms with Crippen LogP contribution in [0, 0.1) is 6.92 Å². The van der Waals surface area contributed by atoms with E-state index in [4.69, 9.17) is 0 Å². The Bertz CT molecular complexity index is 393. The highest BCUT2D eigenvalue weighted by molar-refractivity contribution is 7.28. The SMILES string of the molecule is CC.CC.Cc1nc2c(P)cccc2[nH]1. The van der Waals surface area contributed by atoms with Gasteiger partial charge in [-0.2, -0.15) is 0 Å². The maximum atomic E-state index is 4.34. The number of nitrogens with zero attached hydrogens (tertiary/aromatic N) is 1. The van der Waals surface area contributed by atoms with Gasteiger partial charge in [0.05, 0.1) is 11.0 Å². The van der Waals surface area contributed by atoms with Crippen molar-refractivity contribution in [1.29, 1.82) is 0 Å². The van der Waals surface area contributed by atoms with Crippen molar-refractivity contribution in [3.63, 3.8) is 0 Å². The summed E-state index contributed by atoms with van der Waals surface area (Å²) in [6.07, 6.45) is 0. The van der Waals surface area contributed by atoms with Crippen molar-refractivity contribution in [3.05, 3.63) is 24.0 Å². The molecule has 0 aliphatic carbocycles. The molecular weight excluding hydrogens is 203 g/mol. The molecule has 0 fully saturated rings. The van der Waals surface area contributed by atoms with Gasteiger partial charge in [-0.25, -0.2) is 4.98 Å². The summed E-state index contributed by atoms with van der Waals surface area (Å²) in [5.41, 5.74) is 2.16. The molecule has 1 atom stereocenters. The number of fused-ring (bicyclic) bond motifs is 1. The van der Waals surface area contributed by atoms with E-state index in [1.54, 1.807) is 0 Å². The monoisotopic (exact) mass is 224 g/mol. The molecule has 1 aromatic carbocycles. The van der Waals surface area contributed by atoms with E-state index < -0.39 is 0 Å². The Balaban J connectivity index is 0.000000442. The fourth-order valence-electron chi connectivity index (χ4n) is 1.18. The summed E-state index contributed by atoms with van der Waals surface area (Å²) < 4.78 is 0. The number of hydrogen-bond donors (Lipinski definition) is 1. The van der Waals surface area contributed by atoms with Gasteiger partial charge in [-0.05, 0) is 18.3 Å². The molecule has 3 heteroatoms. The number of imidazole rings is 1. The molecule has 1 unspecified atom stereocenters. The molecule has 84 valence electrons. The van der Waals surface area contributed by atoms with E-state index in [-0.39, 0.29) is 0 Å². The summed E-state index contributed by atoms with van der Waals surface area (Å²) in [5, 5.41) is 1.15. The van der Waals surface area contributed by atoms with Crippen molar-refractivity contribution in [3.8, 4) is 0 Å². The zero-order chi connectivity index (χ0) is 11.8. The van der Waals surface area contributed by atoms with Crippen LogP contribution in [0.15, 0.2) is 18.2 Å². The third-order valence-electron chi connectivity index (χ3n) is 1.66. The lowest BCUT2D eigenvalue weighted by Crippen LogP contribution is -1.90. The van der Waals surface area contributed by atoms with Crippen LogP contribution in [0.5, 0.6) is 0 Å². The summed E-state index contributed by atoms with van der Waals surface area (Å²) in [4.78, 5) is 7.51. The molecule has 2 nitrogen and oxygen atoms in total. The lowest BCUT2D eigenvalue weighted by atomic mass is 10.3. The maximum Gasteiger partial charge on any atom is 0.104 e. The average molecular weight is 224 g/mol. The molecule has 0 bridgehead atoms. The number of para-hydroxylation sites is 1. The van der Waals surface area contributed by atoms with Gasteiger partial charge in [0.25, 0.3) is 0 Å². The summed E-state index contributed by atoms with van der Waals surface area (Å²) in [6, 6.07) is 6.08. The molecule has 1 N–H and O–H groups in total. The van der Waals surface area contributed by atoms with Crippen LogP contribution in [0.2, 0.25) is 0 Å². The summed E-state index contributed by atoms with van der Waals surface area (Å²) in [7, 11) is 2.67. The van der Waals surface area contributed by atoms with Crippen LogP contribution >= 0.6 is 9.24 Å². The Hall–Kier alpha value is -0.880. The number of hydrogen-bond acceptors (Lipinski definition) is 1. The van der Waals surface area contributed by atoms with Gasteiger partial charge in [0.2, 0.25) is 0 Å². The van der Waals surface area contributed by atoms with Crippen LogP contribution in [0.4, 0.5) is 0 Å². The molecule has 1 aromatic heterocycles. The summed E-state index contributed by atoms with van der Waals surface area (Å²) in [6.45, 7) is 9.96. The molecule has 0 radical (unpaired) electrons. The Morgan fingerprint density at radius 2 is 1.73 bits per heavy atom. The molecular formula is C12H21N2P. The standard InChI is InChI=1S/C8H9N2P.2C2H6/c1-5-9-6-3-2-4-7(11)8(6)10-5;2*1-2/h2-4H,11H2,1H3,(H,9,10);2*1-2H3. The summed E-state index contributed by atoms with van der Waals surface area (Å²) in [5.74, 6) is 0.968. The maximum absolute atomic E-state index is 4.34. The molecule has 0 saturated heterocycles. The molecule has 0 aliphatic rings. The lowest BCUT2D eigenvalue weighted by molar-refractivity contribution is 1.17. The molecule has 2 rings (SSSR count). The second-order valence-corrected chi connectivity index (χ2v) is 3.19. The van der Waals surface area contributed by atoms with Crippen LogP contribution in [-0.2, 0) is 0 Å². The molecule has 1 heterocycles. The number of H-pyrrole nitrogens is 1. The number of aromatic nitrogens is 2. The van der Waals surface area contributed by atoms with E-state index in [1.807, 2.05) is 52.8 Å². The van der Waals surface area contributed by atoms with E-state index in [1.165, 1.54) is 0 Å². The van der Waals surface area contributed by atoms with Gasteiger partial charge in [0.1, 0.15) is 5.82 Å². The van der Waals surface area contributed by atoms with Crippen molar-refractivity contribution >= 4 is 25.6 Å². The topological polar surface area (TPSA) is 28.7 Å². The Morgan fingerprint density at radius 3 is 2.27 bits per heavy atom. The number of nitrogens with one attached hydrogen (secondary N) is 1. The van der Waals surface area contributed by atoms with Crippen LogP contribution in [0.3, 0.4) is 0 Å². The quantitative estimate of drug-likeness (QED) is 0.682. The van der Waals surface area contributed by atoms with Crippen LogP contribution in [0.1, 0.15) is 33.5 Å². The number of benzene rings is 1. The highest BCUT2D eigenvalue weighted by atomic mass is 31.0. The normalized spacial score (nSPS) is 8.67. The van der Waals surface area contributed by atoms with E-state index in [9.17, 15) is 0 Å². The van der Waals surface area contributed by atoms with Gasteiger partial charge in [0, 0.05) is 0 Å². The predicted molar refractivity (Wildman–Crippen MR) is 72.9 cm³/mol. The fraction of sp³-hybridized carbons (Fsp3) is 0.417. The Labute approximate surface area is 94.7 Å². The lowest BCUT2D eigenvalue weighted by Gasteiger charge is -1.90. The van der Waals surface area contributed by atoms with Gasteiger partial charge < -0.3 is 4.98 Å². The van der Waals surface area contributed by atoms with Gasteiger partial charge in [-0.3, -0.25) is 0 Å². The highest BCUT2D eigenvalue weighted by Crippen LogP contribution is 2.09. The first-order chi connectivity index (χ1) is 7.27. The fourth-order valence-corrected chi connectivity index (χ4v) is 1.51. The first-order valence-electron chi connectivity index (χ1n) is 5.48. The second-order valence-electron chi connectivity index (χ2n) is 2.57. The highest BCUT2D eigenvalue weighted by Gasteiger charge is 1.99. The first-order valence-corrected chi connectivity index (χ1v) is 6.06. The third-order valence-corrected chi connectivity index (χ3v) is 2.13. The zero-order valence-electron chi connectivity index (χ0n) is 10.3. The van der Waals surface area contributed by atoms with Gasteiger partial charge in [-0.15, -0.1) is 9.24 Å². The molecule has 15 heavy (non-hydrogen) atoms.